The predicted octanol–water partition coefficient (Wildman–Crippen LogP) is 3.34. The number of para-hydroxylation sites is 2. The van der Waals surface area contributed by atoms with Gasteiger partial charge in [-0.05, 0) is 24.3 Å². The maximum absolute atomic E-state index is 11.9. The van der Waals surface area contributed by atoms with Crippen molar-refractivity contribution in [2.24, 2.45) is 0 Å². The molecule has 0 aromatic heterocycles. The van der Waals surface area contributed by atoms with Crippen LogP contribution in [0.3, 0.4) is 0 Å². The summed E-state index contributed by atoms with van der Waals surface area (Å²) in [6.07, 6.45) is 0.00607. The fourth-order valence-electron chi connectivity index (χ4n) is 2.46. The molecule has 27 heavy (non-hydrogen) atoms. The van der Waals surface area contributed by atoms with E-state index in [2.05, 4.69) is 4.90 Å². The highest BCUT2D eigenvalue weighted by atomic mass is 16.6. The summed E-state index contributed by atoms with van der Waals surface area (Å²) in [6, 6.07) is 19.8. The number of anilines is 2. The van der Waals surface area contributed by atoms with Crippen molar-refractivity contribution in [3.05, 3.63) is 60.7 Å². The van der Waals surface area contributed by atoms with Gasteiger partial charge in [0.25, 0.3) is 0 Å². The molecule has 0 fully saturated rings. The van der Waals surface area contributed by atoms with E-state index in [1.807, 2.05) is 60.7 Å². The number of ether oxygens (including phenoxy) is 3. The van der Waals surface area contributed by atoms with Crippen LogP contribution in [-0.2, 0) is 23.8 Å². The highest BCUT2D eigenvalue weighted by Crippen LogP contribution is 2.24. The minimum atomic E-state index is -0.431. The molecule has 0 aliphatic rings. The number of carbonyl (C=O) groups excluding carboxylic acids is 2. The lowest BCUT2D eigenvalue weighted by atomic mass is 10.2. The third-order valence-electron chi connectivity index (χ3n) is 3.80. The van der Waals surface area contributed by atoms with Crippen molar-refractivity contribution in [3.63, 3.8) is 0 Å². The second-order valence-corrected chi connectivity index (χ2v) is 5.76. The maximum Gasteiger partial charge on any atom is 0.306 e. The lowest BCUT2D eigenvalue weighted by Gasteiger charge is -2.24. The minimum absolute atomic E-state index is 0.00247. The molecule has 2 aromatic carbocycles. The molecule has 0 aliphatic heterocycles. The van der Waals surface area contributed by atoms with E-state index in [1.54, 1.807) is 0 Å². The van der Waals surface area contributed by atoms with Gasteiger partial charge in [-0.2, -0.15) is 0 Å². The van der Waals surface area contributed by atoms with E-state index in [0.717, 1.165) is 11.4 Å². The van der Waals surface area contributed by atoms with Gasteiger partial charge in [0.15, 0.2) is 0 Å². The Labute approximate surface area is 159 Å². The van der Waals surface area contributed by atoms with Gasteiger partial charge in [-0.1, -0.05) is 36.4 Å². The van der Waals surface area contributed by atoms with Gasteiger partial charge in [-0.15, -0.1) is 0 Å². The minimum Gasteiger partial charge on any atom is -0.464 e. The molecule has 0 N–H and O–H groups in total. The first-order valence-electron chi connectivity index (χ1n) is 8.88. The Morgan fingerprint density at radius 2 is 1.22 bits per heavy atom. The molecular formula is C21H25NO5. The average Bonchev–Trinajstić information content (AvgIpc) is 2.71. The highest BCUT2D eigenvalue weighted by molar-refractivity contribution is 5.77. The number of methoxy groups -OCH3 is 1. The van der Waals surface area contributed by atoms with E-state index in [1.165, 1.54) is 7.11 Å². The Morgan fingerprint density at radius 1 is 0.741 bits per heavy atom. The summed E-state index contributed by atoms with van der Waals surface area (Å²) in [5.41, 5.74) is 2.03. The van der Waals surface area contributed by atoms with Crippen LogP contribution in [0.2, 0.25) is 0 Å². The smallest absolute Gasteiger partial charge is 0.306 e. The molecule has 0 atom stereocenters. The van der Waals surface area contributed by atoms with Crippen molar-refractivity contribution in [1.82, 2.24) is 0 Å². The lowest BCUT2D eigenvalue weighted by molar-refractivity contribution is -0.150. The number of benzene rings is 2. The zero-order valence-electron chi connectivity index (χ0n) is 15.5. The van der Waals surface area contributed by atoms with Gasteiger partial charge >= 0.3 is 11.9 Å². The molecule has 6 heteroatoms. The summed E-state index contributed by atoms with van der Waals surface area (Å²) in [5.74, 6) is -0.848. The van der Waals surface area contributed by atoms with Crippen LogP contribution in [-0.4, -0.2) is 45.4 Å². The summed E-state index contributed by atoms with van der Waals surface area (Å²) in [5, 5.41) is 0. The Hall–Kier alpha value is -2.86. The molecule has 0 saturated carbocycles. The molecule has 2 rings (SSSR count). The molecule has 0 unspecified atom stereocenters. The van der Waals surface area contributed by atoms with Crippen LogP contribution in [0, 0.1) is 0 Å². The Kier molecular flexibility index (Phi) is 8.86. The van der Waals surface area contributed by atoms with E-state index < -0.39 is 11.9 Å². The zero-order valence-corrected chi connectivity index (χ0v) is 15.5. The molecule has 144 valence electrons. The summed E-state index contributed by atoms with van der Waals surface area (Å²) >= 11 is 0. The summed E-state index contributed by atoms with van der Waals surface area (Å²) in [4.78, 5) is 25.4. The molecule has 6 nitrogen and oxygen atoms in total. The predicted molar refractivity (Wildman–Crippen MR) is 103 cm³/mol. The van der Waals surface area contributed by atoms with Gasteiger partial charge in [0, 0.05) is 18.5 Å². The van der Waals surface area contributed by atoms with E-state index in [0.29, 0.717) is 13.2 Å². The zero-order chi connectivity index (χ0) is 19.3. The first-order chi connectivity index (χ1) is 13.2. The molecular weight excluding hydrogens is 346 g/mol. The van der Waals surface area contributed by atoms with Crippen LogP contribution in [0.5, 0.6) is 0 Å². The van der Waals surface area contributed by atoms with E-state index in [4.69, 9.17) is 14.2 Å². The molecule has 0 aliphatic carbocycles. The lowest BCUT2D eigenvalue weighted by Crippen LogP contribution is -2.24. The SMILES string of the molecule is COCCOC(=O)CCC(=O)OCCN(c1ccccc1)c1ccccc1. The van der Waals surface area contributed by atoms with Gasteiger partial charge in [0.05, 0.1) is 26.0 Å². The molecule has 2 aromatic rings. The van der Waals surface area contributed by atoms with Gasteiger partial charge < -0.3 is 19.1 Å². The van der Waals surface area contributed by atoms with Crippen molar-refractivity contribution in [3.8, 4) is 0 Å². The average molecular weight is 371 g/mol. The van der Waals surface area contributed by atoms with Gasteiger partial charge in [-0.3, -0.25) is 9.59 Å². The number of hydrogen-bond acceptors (Lipinski definition) is 6. The van der Waals surface area contributed by atoms with E-state index in [9.17, 15) is 9.59 Å². The van der Waals surface area contributed by atoms with Crippen LogP contribution in [0.1, 0.15) is 12.8 Å². The fourth-order valence-corrected chi connectivity index (χ4v) is 2.46. The molecule has 0 amide bonds. The number of nitrogens with zero attached hydrogens (tertiary/aromatic N) is 1. The van der Waals surface area contributed by atoms with Crippen LogP contribution in [0.25, 0.3) is 0 Å². The summed E-state index contributed by atoms with van der Waals surface area (Å²) < 4.78 is 15.0. The van der Waals surface area contributed by atoms with Crippen molar-refractivity contribution < 1.29 is 23.8 Å². The molecule has 0 saturated heterocycles. The second kappa shape index (κ2) is 11.7. The van der Waals surface area contributed by atoms with Crippen LogP contribution < -0.4 is 4.90 Å². The Bertz CT molecular complexity index is 651. The fraction of sp³-hybridized carbons (Fsp3) is 0.333. The molecule has 0 radical (unpaired) electrons. The number of rotatable bonds is 11. The van der Waals surface area contributed by atoms with E-state index >= 15 is 0 Å². The van der Waals surface area contributed by atoms with Crippen molar-refractivity contribution >= 4 is 23.3 Å². The Morgan fingerprint density at radius 3 is 1.70 bits per heavy atom. The van der Waals surface area contributed by atoms with E-state index in [-0.39, 0.29) is 26.1 Å². The van der Waals surface area contributed by atoms with Crippen molar-refractivity contribution in [1.29, 1.82) is 0 Å². The van der Waals surface area contributed by atoms with Gasteiger partial charge in [-0.25, -0.2) is 0 Å². The number of esters is 2. The number of carbonyl (C=O) groups is 2. The molecule has 0 spiro atoms. The quantitative estimate of drug-likeness (QED) is 0.446. The molecule has 0 bridgehead atoms. The monoisotopic (exact) mass is 371 g/mol. The van der Waals surface area contributed by atoms with Crippen LogP contribution in [0.4, 0.5) is 11.4 Å². The van der Waals surface area contributed by atoms with Crippen LogP contribution in [0.15, 0.2) is 60.7 Å². The standard InChI is InChI=1S/C21H25NO5/c1-25-16-17-27-21(24)13-12-20(23)26-15-14-22(18-8-4-2-5-9-18)19-10-6-3-7-11-19/h2-11H,12-17H2,1H3. The second-order valence-electron chi connectivity index (χ2n) is 5.76. The summed E-state index contributed by atoms with van der Waals surface area (Å²) in [7, 11) is 1.53. The van der Waals surface area contributed by atoms with Crippen LogP contribution >= 0.6 is 0 Å². The summed E-state index contributed by atoms with van der Waals surface area (Å²) in [6.45, 7) is 1.26. The van der Waals surface area contributed by atoms with Gasteiger partial charge in [0.2, 0.25) is 0 Å². The first kappa shape index (κ1) is 20.5. The topological polar surface area (TPSA) is 65.1 Å². The first-order valence-corrected chi connectivity index (χ1v) is 8.88. The number of hydrogen-bond donors (Lipinski definition) is 0. The highest BCUT2D eigenvalue weighted by Gasteiger charge is 2.12. The molecule has 0 heterocycles. The third-order valence-corrected chi connectivity index (χ3v) is 3.80. The maximum atomic E-state index is 11.9. The van der Waals surface area contributed by atoms with Gasteiger partial charge in [0.1, 0.15) is 13.2 Å². The largest absolute Gasteiger partial charge is 0.464 e. The normalized spacial score (nSPS) is 10.3. The van der Waals surface area contributed by atoms with Crippen molar-refractivity contribution in [2.45, 2.75) is 12.8 Å². The third kappa shape index (κ3) is 7.50. The Balaban J connectivity index is 1.80. The van der Waals surface area contributed by atoms with Crippen molar-refractivity contribution in [2.75, 3.05) is 38.4 Å².